The van der Waals surface area contributed by atoms with Crippen LogP contribution >= 0.6 is 0 Å². The van der Waals surface area contributed by atoms with Gasteiger partial charge in [-0.25, -0.2) is 4.79 Å². The van der Waals surface area contributed by atoms with E-state index in [9.17, 15) is 9.59 Å². The Kier molecular flexibility index (Phi) is 5.34. The van der Waals surface area contributed by atoms with Crippen molar-refractivity contribution in [1.82, 2.24) is 0 Å². The van der Waals surface area contributed by atoms with Crippen molar-refractivity contribution in [3.63, 3.8) is 0 Å². The maximum atomic E-state index is 13.1. The summed E-state index contributed by atoms with van der Waals surface area (Å²) < 4.78 is 16.6. The van der Waals surface area contributed by atoms with E-state index in [-0.39, 0.29) is 11.5 Å². The standard InChI is InChI=1S/C26H22O5/c1-26(2,3)31-25(28)30-24-22(27)20-11-7-8-12-21(20)29-23(24)19-15-13-18(14-16-19)17-9-5-4-6-10-17/h4-16H,1-3H3. The van der Waals surface area contributed by atoms with Crippen LogP contribution in [-0.4, -0.2) is 11.8 Å². The van der Waals surface area contributed by atoms with E-state index in [0.717, 1.165) is 11.1 Å². The third-order valence-electron chi connectivity index (χ3n) is 4.59. The number of rotatable bonds is 3. The van der Waals surface area contributed by atoms with Crippen molar-refractivity contribution >= 4 is 17.1 Å². The molecule has 0 amide bonds. The molecule has 0 aliphatic rings. The van der Waals surface area contributed by atoms with Crippen molar-refractivity contribution in [2.24, 2.45) is 0 Å². The summed E-state index contributed by atoms with van der Waals surface area (Å²) in [6, 6.07) is 24.3. The molecule has 0 bridgehead atoms. The molecule has 0 saturated heterocycles. The SMILES string of the molecule is CC(C)(C)OC(=O)Oc1c(-c2ccc(-c3ccccc3)cc2)oc2ccccc2c1=O. The molecule has 0 spiro atoms. The average molecular weight is 414 g/mol. The summed E-state index contributed by atoms with van der Waals surface area (Å²) in [5.74, 6) is -0.0189. The highest BCUT2D eigenvalue weighted by atomic mass is 16.7. The Morgan fingerprint density at radius 1 is 0.774 bits per heavy atom. The molecule has 31 heavy (non-hydrogen) atoms. The minimum atomic E-state index is -0.961. The third kappa shape index (κ3) is 4.51. The number of fused-ring (bicyclic) bond motifs is 1. The first kappa shape index (κ1) is 20.4. The Morgan fingerprint density at radius 2 is 1.35 bits per heavy atom. The Morgan fingerprint density at radius 3 is 2.03 bits per heavy atom. The monoisotopic (exact) mass is 414 g/mol. The molecule has 0 aliphatic heterocycles. The van der Waals surface area contributed by atoms with Gasteiger partial charge in [0.1, 0.15) is 11.2 Å². The quantitative estimate of drug-likeness (QED) is 0.361. The summed E-state index contributed by atoms with van der Waals surface area (Å²) in [4.78, 5) is 25.4. The van der Waals surface area contributed by atoms with Gasteiger partial charge in [-0.1, -0.05) is 66.7 Å². The molecule has 0 unspecified atom stereocenters. The number of para-hydroxylation sites is 1. The Labute approximate surface area is 179 Å². The molecule has 156 valence electrons. The molecule has 1 aromatic heterocycles. The second-order valence-corrected chi connectivity index (χ2v) is 8.10. The van der Waals surface area contributed by atoms with E-state index in [4.69, 9.17) is 13.9 Å². The summed E-state index contributed by atoms with van der Waals surface area (Å²) in [6.45, 7) is 5.17. The molecule has 4 aromatic rings. The van der Waals surface area contributed by atoms with E-state index in [2.05, 4.69) is 0 Å². The lowest BCUT2D eigenvalue weighted by Gasteiger charge is -2.19. The molecule has 3 aromatic carbocycles. The number of carbonyl (C=O) groups excluding carboxylic acids is 1. The topological polar surface area (TPSA) is 65.7 Å². The van der Waals surface area contributed by atoms with Gasteiger partial charge in [0.05, 0.1) is 5.39 Å². The smallest absolute Gasteiger partial charge is 0.452 e. The first-order chi connectivity index (χ1) is 14.8. The van der Waals surface area contributed by atoms with Gasteiger partial charge in [-0.3, -0.25) is 4.79 Å². The number of hydrogen-bond acceptors (Lipinski definition) is 5. The number of carbonyl (C=O) groups is 1. The highest BCUT2D eigenvalue weighted by molar-refractivity contribution is 5.83. The third-order valence-corrected chi connectivity index (χ3v) is 4.59. The van der Waals surface area contributed by atoms with Gasteiger partial charge in [0.15, 0.2) is 5.76 Å². The van der Waals surface area contributed by atoms with E-state index in [1.165, 1.54) is 0 Å². The van der Waals surface area contributed by atoms with Gasteiger partial charge >= 0.3 is 6.16 Å². The molecule has 0 atom stereocenters. The Bertz CT molecular complexity index is 1280. The number of hydrogen-bond donors (Lipinski definition) is 0. The van der Waals surface area contributed by atoms with Crippen molar-refractivity contribution in [2.75, 3.05) is 0 Å². The molecule has 0 saturated carbocycles. The first-order valence-corrected chi connectivity index (χ1v) is 9.94. The lowest BCUT2D eigenvalue weighted by molar-refractivity contribution is 0.0202. The van der Waals surface area contributed by atoms with Crippen LogP contribution in [0.15, 0.2) is 88.1 Å². The first-order valence-electron chi connectivity index (χ1n) is 9.94. The van der Waals surface area contributed by atoms with Crippen molar-refractivity contribution < 1.29 is 18.7 Å². The molecule has 0 radical (unpaired) electrons. The van der Waals surface area contributed by atoms with E-state index in [1.54, 1.807) is 45.0 Å². The number of benzene rings is 3. The lowest BCUT2D eigenvalue weighted by Crippen LogP contribution is -2.27. The second kappa shape index (κ2) is 8.11. The van der Waals surface area contributed by atoms with E-state index in [1.807, 2.05) is 54.6 Å². The molecule has 0 N–H and O–H groups in total. The largest absolute Gasteiger partial charge is 0.514 e. The van der Waals surface area contributed by atoms with Crippen LogP contribution < -0.4 is 10.2 Å². The van der Waals surface area contributed by atoms with Crippen LogP contribution in [0.1, 0.15) is 20.8 Å². The lowest BCUT2D eigenvalue weighted by atomic mass is 10.0. The fourth-order valence-corrected chi connectivity index (χ4v) is 3.21. The van der Waals surface area contributed by atoms with Crippen LogP contribution in [0.4, 0.5) is 4.79 Å². The van der Waals surface area contributed by atoms with E-state index >= 15 is 0 Å². The highest BCUT2D eigenvalue weighted by Gasteiger charge is 2.24. The predicted molar refractivity (Wildman–Crippen MR) is 120 cm³/mol. The molecule has 5 nitrogen and oxygen atoms in total. The van der Waals surface area contributed by atoms with Crippen LogP contribution in [-0.2, 0) is 4.74 Å². The molecule has 1 heterocycles. The minimum absolute atomic E-state index is 0.175. The molecule has 4 rings (SSSR count). The van der Waals surface area contributed by atoms with Gasteiger partial charge in [0.25, 0.3) is 0 Å². The van der Waals surface area contributed by atoms with Gasteiger partial charge in [-0.15, -0.1) is 0 Å². The zero-order valence-corrected chi connectivity index (χ0v) is 17.5. The van der Waals surface area contributed by atoms with Gasteiger partial charge in [-0.2, -0.15) is 0 Å². The van der Waals surface area contributed by atoms with Gasteiger partial charge in [0.2, 0.25) is 11.2 Å². The maximum Gasteiger partial charge on any atom is 0.514 e. The average Bonchev–Trinajstić information content (AvgIpc) is 2.75. The fraction of sp³-hybridized carbons (Fsp3) is 0.154. The van der Waals surface area contributed by atoms with Gasteiger partial charge in [-0.05, 0) is 44.0 Å². The van der Waals surface area contributed by atoms with E-state index < -0.39 is 17.2 Å². The van der Waals surface area contributed by atoms with E-state index in [0.29, 0.717) is 16.5 Å². The zero-order valence-electron chi connectivity index (χ0n) is 17.5. The Hall–Kier alpha value is -3.86. The van der Waals surface area contributed by atoms with Crippen molar-refractivity contribution in [1.29, 1.82) is 0 Å². The van der Waals surface area contributed by atoms with Crippen LogP contribution in [0.5, 0.6) is 5.75 Å². The van der Waals surface area contributed by atoms with Crippen LogP contribution in [0.3, 0.4) is 0 Å². The summed E-state index contributed by atoms with van der Waals surface area (Å²) >= 11 is 0. The molecule has 0 aliphatic carbocycles. The van der Waals surface area contributed by atoms with Crippen LogP contribution in [0, 0.1) is 0 Å². The van der Waals surface area contributed by atoms with Crippen LogP contribution in [0.2, 0.25) is 0 Å². The van der Waals surface area contributed by atoms with Gasteiger partial charge in [0, 0.05) is 5.56 Å². The number of ether oxygens (including phenoxy) is 2. The predicted octanol–water partition coefficient (Wildman–Crippen LogP) is 6.44. The van der Waals surface area contributed by atoms with Crippen molar-refractivity contribution in [2.45, 2.75) is 26.4 Å². The normalized spacial score (nSPS) is 11.3. The summed E-state index contributed by atoms with van der Waals surface area (Å²) in [7, 11) is 0. The van der Waals surface area contributed by atoms with Gasteiger partial charge < -0.3 is 13.9 Å². The van der Waals surface area contributed by atoms with Crippen LogP contribution in [0.25, 0.3) is 33.4 Å². The summed E-state index contributed by atoms with van der Waals surface area (Å²) in [6.07, 6.45) is -0.961. The second-order valence-electron chi connectivity index (χ2n) is 8.10. The minimum Gasteiger partial charge on any atom is -0.452 e. The maximum absolute atomic E-state index is 13.1. The molecule has 5 heteroatoms. The summed E-state index contributed by atoms with van der Waals surface area (Å²) in [5, 5.41) is 0.325. The zero-order chi connectivity index (χ0) is 22.0. The summed E-state index contributed by atoms with van der Waals surface area (Å²) in [5.41, 5.74) is 1.91. The fourth-order valence-electron chi connectivity index (χ4n) is 3.21. The molecular formula is C26H22O5. The van der Waals surface area contributed by atoms with Crippen molar-refractivity contribution in [3.8, 4) is 28.2 Å². The van der Waals surface area contributed by atoms with Crippen molar-refractivity contribution in [3.05, 3.63) is 89.1 Å². The molecular weight excluding hydrogens is 392 g/mol. The Balaban J connectivity index is 1.80. The highest BCUT2D eigenvalue weighted by Crippen LogP contribution is 2.33. The molecule has 0 fully saturated rings.